The lowest BCUT2D eigenvalue weighted by Crippen LogP contribution is -2.56. The fourth-order valence-corrected chi connectivity index (χ4v) is 2.16. The van der Waals surface area contributed by atoms with Gasteiger partial charge in [0.2, 0.25) is 5.88 Å². The number of carbonyl (C=O) groups excluding carboxylic acids is 1. The summed E-state index contributed by atoms with van der Waals surface area (Å²) in [5.41, 5.74) is -0.885. The lowest BCUT2D eigenvalue weighted by molar-refractivity contribution is -0.402. The van der Waals surface area contributed by atoms with E-state index in [4.69, 9.17) is 9.15 Å². The van der Waals surface area contributed by atoms with Crippen LogP contribution in [0.5, 0.6) is 5.88 Å². The van der Waals surface area contributed by atoms with Gasteiger partial charge in [0.05, 0.1) is 24.7 Å². The smallest absolute Gasteiger partial charge is 0.433 e. The van der Waals surface area contributed by atoms with Crippen molar-refractivity contribution in [2.24, 2.45) is 0 Å². The highest BCUT2D eigenvalue weighted by Gasteiger charge is 2.35. The van der Waals surface area contributed by atoms with E-state index in [-0.39, 0.29) is 24.7 Å². The number of likely N-dealkylation sites (tertiary alicyclic amines) is 1. The van der Waals surface area contributed by atoms with E-state index in [1.807, 2.05) is 0 Å². The number of nitrogens with zero attached hydrogens (tertiary/aromatic N) is 3. The molecule has 3 rings (SSSR count). The maximum Gasteiger partial charge on any atom is 0.433 e. The molecule has 132 valence electrons. The average molecular weight is 357 g/mol. The van der Waals surface area contributed by atoms with Gasteiger partial charge in [-0.3, -0.25) is 14.9 Å². The molecule has 0 aliphatic carbocycles. The fourth-order valence-electron chi connectivity index (χ4n) is 2.16. The van der Waals surface area contributed by atoms with Gasteiger partial charge in [0.15, 0.2) is 5.76 Å². The Kier molecular flexibility index (Phi) is 4.07. The molecule has 1 amide bonds. The SMILES string of the molecule is O=C(c1ccc([N+](=O)[O-])o1)N1CC(Oc2ccc(C(F)(F)F)cn2)C1. The Morgan fingerprint density at radius 2 is 2.04 bits per heavy atom. The number of hydrogen-bond acceptors (Lipinski definition) is 6. The second-order valence-electron chi connectivity index (χ2n) is 5.23. The van der Waals surface area contributed by atoms with Gasteiger partial charge in [0.25, 0.3) is 5.91 Å². The van der Waals surface area contributed by atoms with E-state index in [1.165, 1.54) is 11.0 Å². The molecule has 0 atom stereocenters. The highest BCUT2D eigenvalue weighted by Crippen LogP contribution is 2.29. The zero-order valence-electron chi connectivity index (χ0n) is 12.4. The number of alkyl halides is 3. The third-order valence-corrected chi connectivity index (χ3v) is 3.47. The maximum atomic E-state index is 12.4. The lowest BCUT2D eigenvalue weighted by Gasteiger charge is -2.38. The van der Waals surface area contributed by atoms with E-state index in [9.17, 15) is 28.1 Å². The molecule has 0 unspecified atom stereocenters. The van der Waals surface area contributed by atoms with Crippen molar-refractivity contribution in [1.29, 1.82) is 0 Å². The molecule has 2 aromatic rings. The molecule has 25 heavy (non-hydrogen) atoms. The van der Waals surface area contributed by atoms with Crippen LogP contribution in [-0.4, -0.2) is 39.9 Å². The molecule has 2 aromatic heterocycles. The number of furan rings is 1. The topological polar surface area (TPSA) is 98.7 Å². The largest absolute Gasteiger partial charge is 0.471 e. The number of amides is 1. The van der Waals surface area contributed by atoms with Crippen molar-refractivity contribution in [2.75, 3.05) is 13.1 Å². The van der Waals surface area contributed by atoms with Crippen molar-refractivity contribution in [1.82, 2.24) is 9.88 Å². The highest BCUT2D eigenvalue weighted by atomic mass is 19.4. The van der Waals surface area contributed by atoms with Gasteiger partial charge in [0, 0.05) is 12.3 Å². The quantitative estimate of drug-likeness (QED) is 0.616. The zero-order valence-corrected chi connectivity index (χ0v) is 12.4. The molecule has 11 heteroatoms. The molecular formula is C14H10F3N3O5. The van der Waals surface area contributed by atoms with Gasteiger partial charge >= 0.3 is 12.1 Å². The number of hydrogen-bond donors (Lipinski definition) is 0. The van der Waals surface area contributed by atoms with Crippen LogP contribution in [0.2, 0.25) is 0 Å². The molecule has 0 N–H and O–H groups in total. The van der Waals surface area contributed by atoms with Gasteiger partial charge in [-0.2, -0.15) is 13.2 Å². The van der Waals surface area contributed by atoms with Crippen LogP contribution in [0.25, 0.3) is 0 Å². The van der Waals surface area contributed by atoms with Crippen LogP contribution in [-0.2, 0) is 6.18 Å². The minimum Gasteiger partial charge on any atom is -0.471 e. The summed E-state index contributed by atoms with van der Waals surface area (Å²) < 4.78 is 47.5. The first-order valence-electron chi connectivity index (χ1n) is 6.97. The Labute approximate surface area is 138 Å². The predicted molar refractivity (Wildman–Crippen MR) is 74.9 cm³/mol. The normalized spacial score (nSPS) is 14.9. The molecule has 0 radical (unpaired) electrons. The lowest BCUT2D eigenvalue weighted by atomic mass is 10.1. The van der Waals surface area contributed by atoms with E-state index >= 15 is 0 Å². The van der Waals surface area contributed by atoms with E-state index in [0.717, 1.165) is 18.2 Å². The molecule has 1 fully saturated rings. The number of carbonyl (C=O) groups is 1. The summed E-state index contributed by atoms with van der Waals surface area (Å²) in [7, 11) is 0. The molecule has 1 saturated heterocycles. The molecule has 3 heterocycles. The van der Waals surface area contributed by atoms with Crippen molar-refractivity contribution in [2.45, 2.75) is 12.3 Å². The van der Waals surface area contributed by atoms with Crippen LogP contribution in [0.1, 0.15) is 16.1 Å². The van der Waals surface area contributed by atoms with Gasteiger partial charge in [-0.1, -0.05) is 0 Å². The summed E-state index contributed by atoms with van der Waals surface area (Å²) in [6.07, 6.45) is -4.24. The summed E-state index contributed by atoms with van der Waals surface area (Å²) in [4.78, 5) is 26.7. The maximum absolute atomic E-state index is 12.4. The van der Waals surface area contributed by atoms with Crippen LogP contribution < -0.4 is 4.74 Å². The number of ether oxygens (including phenoxy) is 1. The van der Waals surface area contributed by atoms with E-state index in [0.29, 0.717) is 6.20 Å². The highest BCUT2D eigenvalue weighted by molar-refractivity contribution is 5.92. The first kappa shape index (κ1) is 16.7. The van der Waals surface area contributed by atoms with Crippen LogP contribution in [0.15, 0.2) is 34.9 Å². The number of pyridine rings is 1. The molecular weight excluding hydrogens is 347 g/mol. The van der Waals surface area contributed by atoms with Crippen molar-refractivity contribution in [3.8, 4) is 5.88 Å². The molecule has 8 nitrogen and oxygen atoms in total. The van der Waals surface area contributed by atoms with E-state index < -0.39 is 34.6 Å². The molecule has 0 spiro atoms. The van der Waals surface area contributed by atoms with Crippen molar-refractivity contribution < 1.29 is 32.0 Å². The summed E-state index contributed by atoms with van der Waals surface area (Å²) in [6.45, 7) is 0.325. The summed E-state index contributed by atoms with van der Waals surface area (Å²) in [5, 5.41) is 10.5. The Morgan fingerprint density at radius 3 is 2.56 bits per heavy atom. The zero-order chi connectivity index (χ0) is 18.2. The standard InChI is InChI=1S/C14H10F3N3O5/c15-14(16,17)8-1-3-11(18-5-8)24-9-6-19(7-9)13(21)10-2-4-12(25-10)20(22)23/h1-5,9H,6-7H2. The van der Waals surface area contributed by atoms with Gasteiger partial charge in [-0.25, -0.2) is 4.98 Å². The second-order valence-corrected chi connectivity index (χ2v) is 5.23. The van der Waals surface area contributed by atoms with E-state index in [1.54, 1.807) is 0 Å². The van der Waals surface area contributed by atoms with Crippen LogP contribution >= 0.6 is 0 Å². The first-order valence-corrected chi connectivity index (χ1v) is 6.97. The number of aromatic nitrogens is 1. The van der Waals surface area contributed by atoms with Crippen LogP contribution in [0.3, 0.4) is 0 Å². The summed E-state index contributed by atoms with van der Waals surface area (Å²) in [5.74, 6) is -1.23. The van der Waals surface area contributed by atoms with Crippen molar-refractivity contribution in [3.05, 3.63) is 51.9 Å². The first-order chi connectivity index (χ1) is 11.7. The fraction of sp³-hybridized carbons (Fsp3) is 0.286. The molecule has 0 aromatic carbocycles. The van der Waals surface area contributed by atoms with Gasteiger partial charge in [0.1, 0.15) is 11.0 Å². The van der Waals surface area contributed by atoms with Gasteiger partial charge < -0.3 is 14.1 Å². The predicted octanol–water partition coefficient (Wildman–Crippen LogP) is 2.51. The average Bonchev–Trinajstić information content (AvgIpc) is 2.99. The van der Waals surface area contributed by atoms with E-state index in [2.05, 4.69) is 4.98 Å². The number of halogens is 3. The van der Waals surface area contributed by atoms with Crippen molar-refractivity contribution >= 4 is 11.8 Å². The Hall–Kier alpha value is -3.11. The Bertz CT molecular complexity index is 797. The van der Waals surface area contributed by atoms with Crippen molar-refractivity contribution in [3.63, 3.8) is 0 Å². The van der Waals surface area contributed by atoms with Crippen LogP contribution in [0.4, 0.5) is 19.1 Å². The minimum absolute atomic E-state index is 0.0127. The minimum atomic E-state index is -4.48. The summed E-state index contributed by atoms with van der Waals surface area (Å²) >= 11 is 0. The molecule has 1 aliphatic rings. The molecule has 1 aliphatic heterocycles. The third kappa shape index (κ3) is 3.54. The second kappa shape index (κ2) is 6.07. The van der Waals surface area contributed by atoms with Gasteiger partial charge in [-0.05, 0) is 12.1 Å². The van der Waals surface area contributed by atoms with Crippen LogP contribution in [0, 0.1) is 10.1 Å². The number of rotatable bonds is 4. The third-order valence-electron chi connectivity index (χ3n) is 3.47. The molecule has 0 bridgehead atoms. The molecule has 0 saturated carbocycles. The van der Waals surface area contributed by atoms with Gasteiger partial charge in [-0.15, -0.1) is 0 Å². The monoisotopic (exact) mass is 357 g/mol. The Morgan fingerprint density at radius 1 is 1.32 bits per heavy atom. The number of nitro groups is 1. The summed E-state index contributed by atoms with van der Waals surface area (Å²) in [6, 6.07) is 4.23. The Balaban J connectivity index is 1.53.